The maximum atomic E-state index is 13.1. The first kappa shape index (κ1) is 36.6. The smallest absolute Gasteiger partial charge is 0.328 e. The first-order chi connectivity index (χ1) is 22.0. The van der Waals surface area contributed by atoms with Crippen molar-refractivity contribution < 1.29 is 39.2 Å². The molecule has 0 saturated heterocycles. The van der Waals surface area contributed by atoms with Crippen LogP contribution in [-0.4, -0.2) is 64.6 Å². The van der Waals surface area contributed by atoms with Crippen molar-refractivity contribution >= 4 is 23.5 Å². The summed E-state index contributed by atoms with van der Waals surface area (Å²) in [6, 6.07) is 1.89. The number of aliphatic hydroxyl groups excluding tert-OH is 1. The van der Waals surface area contributed by atoms with Gasteiger partial charge < -0.3 is 35.4 Å². The molecule has 1 aromatic carbocycles. The highest BCUT2D eigenvalue weighted by molar-refractivity contribution is 5.93. The first-order valence-corrected chi connectivity index (χ1v) is 16.2. The van der Waals surface area contributed by atoms with Crippen molar-refractivity contribution in [1.82, 2.24) is 5.32 Å². The second-order valence-corrected chi connectivity index (χ2v) is 12.3. The molecule has 0 radical (unpaired) electrons. The predicted molar refractivity (Wildman–Crippen MR) is 177 cm³/mol. The monoisotopic (exact) mass is 638 g/mol. The Morgan fingerprint density at radius 2 is 1.78 bits per heavy atom. The van der Waals surface area contributed by atoms with E-state index in [4.69, 9.17) is 9.47 Å². The van der Waals surface area contributed by atoms with Crippen LogP contribution in [0.15, 0.2) is 60.2 Å². The van der Waals surface area contributed by atoms with E-state index in [0.29, 0.717) is 30.4 Å². The number of methoxy groups -OCH3 is 1. The minimum atomic E-state index is -0.940. The molecule has 1 aromatic rings. The molecule has 2 bridgehead atoms. The van der Waals surface area contributed by atoms with Crippen molar-refractivity contribution in [3.05, 3.63) is 65.8 Å². The lowest BCUT2D eigenvalue weighted by Crippen LogP contribution is -2.45. The van der Waals surface area contributed by atoms with Crippen LogP contribution in [-0.2, 0) is 30.3 Å². The van der Waals surface area contributed by atoms with E-state index in [1.165, 1.54) is 19.2 Å². The molecule has 3 rings (SSSR count). The zero-order valence-corrected chi connectivity index (χ0v) is 27.4. The number of nitrogens with one attached hydrogen (secondary N) is 2. The van der Waals surface area contributed by atoms with Crippen molar-refractivity contribution in [3.8, 4) is 11.5 Å². The third-order valence-corrected chi connectivity index (χ3v) is 8.69. The molecule has 0 spiro atoms. The number of allylic oxidation sites excluding steroid dienone is 5. The minimum Gasteiger partial charge on any atom is -0.508 e. The number of ether oxygens (including phenoxy) is 2. The van der Waals surface area contributed by atoms with Gasteiger partial charge in [-0.25, -0.2) is 4.79 Å². The molecule has 1 aliphatic heterocycles. The number of phenols is 2. The Kier molecular flexibility index (Phi) is 14.6. The molecule has 2 aliphatic rings. The van der Waals surface area contributed by atoms with Gasteiger partial charge in [-0.3, -0.25) is 9.59 Å². The maximum absolute atomic E-state index is 13.1. The fourth-order valence-corrected chi connectivity index (χ4v) is 5.76. The van der Waals surface area contributed by atoms with E-state index < -0.39 is 42.1 Å². The van der Waals surface area contributed by atoms with Gasteiger partial charge in [0.25, 0.3) is 0 Å². The Hall–Kier alpha value is -3.89. The summed E-state index contributed by atoms with van der Waals surface area (Å²) in [4.78, 5) is 38.6. The zero-order chi connectivity index (χ0) is 33.6. The van der Waals surface area contributed by atoms with E-state index in [0.717, 1.165) is 32.1 Å². The Labute approximate surface area is 272 Å². The van der Waals surface area contributed by atoms with E-state index in [1.807, 2.05) is 19.1 Å². The van der Waals surface area contributed by atoms with Gasteiger partial charge in [-0.15, -0.1) is 0 Å². The molecular weight excluding hydrogens is 588 g/mol. The SMILES string of the molecule is COC1\C=C/C=C/C=C/CC(OC(=O)[C@@H](C)NC(=O)C2CCCCC2)C(C)C(O)/C(C)=C/CCc2cc(O)cc(c2O)NC(=O)C1. The van der Waals surface area contributed by atoms with E-state index in [-0.39, 0.29) is 35.4 Å². The van der Waals surface area contributed by atoms with Gasteiger partial charge in [0.2, 0.25) is 11.8 Å². The molecule has 1 saturated carbocycles. The lowest BCUT2D eigenvalue weighted by Gasteiger charge is -2.29. The molecule has 252 valence electrons. The largest absolute Gasteiger partial charge is 0.508 e. The highest BCUT2D eigenvalue weighted by Gasteiger charge is 2.31. The Morgan fingerprint density at radius 1 is 1.07 bits per heavy atom. The Balaban J connectivity index is 1.82. The molecule has 10 nitrogen and oxygen atoms in total. The van der Waals surface area contributed by atoms with Gasteiger partial charge in [-0.05, 0) is 56.7 Å². The highest BCUT2D eigenvalue weighted by atomic mass is 16.5. The molecule has 1 fully saturated rings. The van der Waals surface area contributed by atoms with Crippen LogP contribution in [0.2, 0.25) is 0 Å². The van der Waals surface area contributed by atoms with Gasteiger partial charge in [-0.2, -0.15) is 0 Å². The summed E-state index contributed by atoms with van der Waals surface area (Å²) >= 11 is 0. The summed E-state index contributed by atoms with van der Waals surface area (Å²) in [5.74, 6) is -1.90. The number of aliphatic hydroxyl groups is 1. The van der Waals surface area contributed by atoms with Crippen LogP contribution in [0.4, 0.5) is 5.69 Å². The minimum absolute atomic E-state index is 0.00853. The molecule has 1 heterocycles. The number of esters is 1. The summed E-state index contributed by atoms with van der Waals surface area (Å²) in [5, 5.41) is 37.8. The Bertz CT molecular complexity index is 1310. The van der Waals surface area contributed by atoms with Crippen LogP contribution in [0.5, 0.6) is 11.5 Å². The number of amides is 2. The van der Waals surface area contributed by atoms with Gasteiger partial charge >= 0.3 is 5.97 Å². The number of benzene rings is 1. The second-order valence-electron chi connectivity index (χ2n) is 12.3. The fraction of sp³-hybridized carbons (Fsp3) is 0.528. The topological polar surface area (TPSA) is 154 Å². The summed E-state index contributed by atoms with van der Waals surface area (Å²) in [7, 11) is 1.49. The Morgan fingerprint density at radius 3 is 2.50 bits per heavy atom. The average Bonchev–Trinajstić information content (AvgIpc) is 3.04. The quantitative estimate of drug-likeness (QED) is 0.125. The van der Waals surface area contributed by atoms with E-state index in [2.05, 4.69) is 10.6 Å². The summed E-state index contributed by atoms with van der Waals surface area (Å²) in [6.07, 6.45) is 16.2. The lowest BCUT2D eigenvalue weighted by molar-refractivity contribution is -0.156. The molecule has 46 heavy (non-hydrogen) atoms. The molecule has 2 amide bonds. The number of rotatable bonds is 5. The van der Waals surface area contributed by atoms with E-state index in [9.17, 15) is 29.7 Å². The zero-order valence-electron chi connectivity index (χ0n) is 27.4. The number of hydrogen-bond acceptors (Lipinski definition) is 8. The van der Waals surface area contributed by atoms with Gasteiger partial charge in [0.1, 0.15) is 23.6 Å². The number of aromatic hydroxyl groups is 2. The maximum Gasteiger partial charge on any atom is 0.328 e. The van der Waals surface area contributed by atoms with Gasteiger partial charge in [-0.1, -0.05) is 68.7 Å². The van der Waals surface area contributed by atoms with Crippen molar-refractivity contribution in [2.24, 2.45) is 11.8 Å². The molecule has 0 aromatic heterocycles. The summed E-state index contributed by atoms with van der Waals surface area (Å²) < 4.78 is 11.3. The lowest BCUT2D eigenvalue weighted by atomic mass is 9.88. The van der Waals surface area contributed by atoms with E-state index >= 15 is 0 Å². The number of anilines is 1. The highest BCUT2D eigenvalue weighted by Crippen LogP contribution is 2.34. The standard InChI is InChI=1S/C36H50N2O8/c1-23-14-13-17-27-20-28(39)21-30(34(27)42)38-32(40)22-29(45-4)18-11-6-5-7-12-19-31(24(2)33(23)41)46-36(44)25(3)37-35(43)26-15-9-8-10-16-26/h5-7,11-12,14,18,20-21,24-26,29,31,33,39,41-42H,8-10,13,15-17,19,22H2,1-4H3,(H,37,43)(H,38,40)/b6-5+,12-7+,18-11-,23-14+/t24?,25-,29?,31?,33?/m1/s1. The van der Waals surface area contributed by atoms with Crippen LogP contribution >= 0.6 is 0 Å². The number of phenolic OH excluding ortho intramolecular Hbond substituents is 2. The first-order valence-electron chi connectivity index (χ1n) is 16.2. The number of carbonyl (C=O) groups is 3. The van der Waals surface area contributed by atoms with Crippen molar-refractivity contribution in [1.29, 1.82) is 0 Å². The molecule has 1 aliphatic carbocycles. The molecular formula is C36H50N2O8. The van der Waals surface area contributed by atoms with Gasteiger partial charge in [0, 0.05) is 31.4 Å². The molecule has 10 heteroatoms. The molecule has 4 unspecified atom stereocenters. The summed E-state index contributed by atoms with van der Waals surface area (Å²) in [6.45, 7) is 5.22. The van der Waals surface area contributed by atoms with E-state index in [1.54, 1.807) is 44.2 Å². The van der Waals surface area contributed by atoms with Crippen molar-refractivity contribution in [3.63, 3.8) is 0 Å². The van der Waals surface area contributed by atoms with Crippen LogP contribution in [0.3, 0.4) is 0 Å². The van der Waals surface area contributed by atoms with Crippen molar-refractivity contribution in [2.45, 2.75) is 103 Å². The summed E-state index contributed by atoms with van der Waals surface area (Å²) in [5.41, 5.74) is 1.19. The van der Waals surface area contributed by atoms with Crippen molar-refractivity contribution in [2.75, 3.05) is 12.4 Å². The number of aryl methyl sites for hydroxylation is 1. The molecule has 5 atom stereocenters. The third kappa shape index (κ3) is 11.2. The van der Waals surface area contributed by atoms with Crippen LogP contribution in [0.25, 0.3) is 0 Å². The number of carbonyl (C=O) groups excluding carboxylic acids is 3. The third-order valence-electron chi connectivity index (χ3n) is 8.69. The van der Waals surface area contributed by atoms with Gasteiger partial charge in [0.15, 0.2) is 0 Å². The van der Waals surface area contributed by atoms with Crippen LogP contribution in [0.1, 0.15) is 77.7 Å². The number of fused-ring (bicyclic) bond motifs is 2. The fourth-order valence-electron chi connectivity index (χ4n) is 5.76. The average molecular weight is 639 g/mol. The second kappa shape index (κ2) is 18.3. The van der Waals surface area contributed by atoms with Crippen LogP contribution < -0.4 is 10.6 Å². The molecule has 5 N–H and O–H groups in total. The predicted octanol–water partition coefficient (Wildman–Crippen LogP) is 5.39. The normalized spacial score (nSPS) is 27.8. The number of hydrogen-bond donors (Lipinski definition) is 5. The van der Waals surface area contributed by atoms with Crippen LogP contribution in [0, 0.1) is 11.8 Å². The van der Waals surface area contributed by atoms with Gasteiger partial charge in [0.05, 0.1) is 24.3 Å².